The summed E-state index contributed by atoms with van der Waals surface area (Å²) in [5.41, 5.74) is 1.25. The van der Waals surface area contributed by atoms with Gasteiger partial charge in [-0.3, -0.25) is 0 Å². The lowest BCUT2D eigenvalue weighted by Crippen LogP contribution is -2.31. The Labute approximate surface area is 165 Å². The van der Waals surface area contributed by atoms with E-state index in [1.54, 1.807) is 0 Å². The maximum atomic E-state index is 9.51. The molecule has 0 amide bonds. The second-order valence-corrected chi connectivity index (χ2v) is 10.4. The fraction of sp³-hybridized carbons (Fsp3) is 0.579. The van der Waals surface area contributed by atoms with Crippen LogP contribution in [0.25, 0.3) is 0 Å². The molecule has 0 spiro atoms. The van der Waals surface area contributed by atoms with Crippen LogP contribution in [0.15, 0.2) is 18.2 Å². The maximum Gasteiger partial charge on any atom is 0.327 e. The molecule has 0 heterocycles. The van der Waals surface area contributed by atoms with E-state index in [1.807, 2.05) is 12.1 Å². The normalized spacial score (nSPS) is 14.9. The minimum atomic E-state index is -2.69. The van der Waals surface area contributed by atoms with E-state index in [2.05, 4.69) is 61.5 Å². The van der Waals surface area contributed by atoms with E-state index < -0.39 is 28.7 Å². The Balaban J connectivity index is 3.52. The molecule has 0 bridgehead atoms. The fourth-order valence-electron chi connectivity index (χ4n) is 2.76. The molecule has 0 fully saturated rings. The first kappa shape index (κ1) is 24.9. The average molecular weight is 418 g/mol. The SMILES string of the molecule is [CH2]C([CH2])(COP(O)O)C(OP(O)O)c1ccc(C(C)(C)C)cc1C(C)(C)C. The highest BCUT2D eigenvalue weighted by atomic mass is 31.2. The molecule has 154 valence electrons. The monoisotopic (exact) mass is 418 g/mol. The first-order valence-corrected chi connectivity index (χ1v) is 10.9. The van der Waals surface area contributed by atoms with Gasteiger partial charge >= 0.3 is 17.2 Å². The molecule has 4 N–H and O–H groups in total. The van der Waals surface area contributed by atoms with Crippen LogP contribution in [0.2, 0.25) is 0 Å². The standard InChI is InChI=1S/C19H32O6P2/c1-17(2,3)13-9-10-14(15(11-13)18(4,5)6)16(25-27(22)23)19(7,8)12-24-26(20)21/h9-11,16,20-23H,7-8,12H2,1-6H3. The van der Waals surface area contributed by atoms with Crippen LogP contribution >= 0.6 is 17.2 Å². The van der Waals surface area contributed by atoms with E-state index in [0.717, 1.165) is 11.1 Å². The van der Waals surface area contributed by atoms with Gasteiger partial charge in [0.25, 0.3) is 0 Å². The molecular formula is C19H32O6P2. The molecular weight excluding hydrogens is 386 g/mol. The maximum absolute atomic E-state index is 9.51. The van der Waals surface area contributed by atoms with Crippen molar-refractivity contribution in [2.75, 3.05) is 6.61 Å². The molecule has 0 aliphatic carbocycles. The molecule has 1 rings (SSSR count). The van der Waals surface area contributed by atoms with Crippen LogP contribution in [0.4, 0.5) is 0 Å². The summed E-state index contributed by atoms with van der Waals surface area (Å²) in [6.07, 6.45) is -0.920. The zero-order valence-corrected chi connectivity index (χ0v) is 18.7. The molecule has 0 saturated carbocycles. The van der Waals surface area contributed by atoms with Gasteiger partial charge in [0.05, 0.1) is 12.7 Å². The lowest BCUT2D eigenvalue weighted by Gasteiger charge is -2.37. The molecule has 1 aromatic carbocycles. The predicted molar refractivity (Wildman–Crippen MR) is 109 cm³/mol. The summed E-state index contributed by atoms with van der Waals surface area (Å²) in [5, 5.41) is 0. The van der Waals surface area contributed by atoms with Crippen LogP contribution < -0.4 is 0 Å². The second-order valence-electron chi connectivity index (χ2n) is 8.93. The molecule has 0 aliphatic heterocycles. The summed E-state index contributed by atoms with van der Waals surface area (Å²) in [5.74, 6) is 0. The van der Waals surface area contributed by atoms with Gasteiger partial charge < -0.3 is 28.6 Å². The van der Waals surface area contributed by atoms with Crippen LogP contribution in [-0.4, -0.2) is 26.2 Å². The third-order valence-electron chi connectivity index (χ3n) is 4.23. The minimum Gasteiger partial charge on any atom is -0.328 e. The van der Waals surface area contributed by atoms with Crippen LogP contribution in [0, 0.1) is 19.3 Å². The average Bonchev–Trinajstić information content (AvgIpc) is 2.48. The summed E-state index contributed by atoms with van der Waals surface area (Å²) < 4.78 is 10.3. The van der Waals surface area contributed by atoms with Gasteiger partial charge in [-0.2, -0.15) is 0 Å². The van der Waals surface area contributed by atoms with E-state index in [4.69, 9.17) is 18.8 Å². The Hall–Kier alpha value is -0.160. The van der Waals surface area contributed by atoms with Crippen molar-refractivity contribution in [3.63, 3.8) is 0 Å². The van der Waals surface area contributed by atoms with Crippen molar-refractivity contribution in [1.82, 2.24) is 0 Å². The van der Waals surface area contributed by atoms with Crippen LogP contribution in [0.1, 0.15) is 64.3 Å². The highest BCUT2D eigenvalue weighted by Crippen LogP contribution is 2.48. The van der Waals surface area contributed by atoms with Gasteiger partial charge in [-0.05, 0) is 41.4 Å². The molecule has 0 aliphatic rings. The third-order valence-corrected chi connectivity index (χ3v) is 4.99. The van der Waals surface area contributed by atoms with Crippen LogP contribution in [0.3, 0.4) is 0 Å². The van der Waals surface area contributed by atoms with Gasteiger partial charge in [0, 0.05) is 5.41 Å². The lowest BCUT2D eigenvalue weighted by molar-refractivity contribution is 0.0539. The Morgan fingerprint density at radius 2 is 1.48 bits per heavy atom. The van der Waals surface area contributed by atoms with Gasteiger partial charge in [0.15, 0.2) is 0 Å². The van der Waals surface area contributed by atoms with Crippen molar-refractivity contribution in [2.24, 2.45) is 5.41 Å². The van der Waals surface area contributed by atoms with Gasteiger partial charge in [0.2, 0.25) is 0 Å². The number of hydrogen-bond acceptors (Lipinski definition) is 6. The Morgan fingerprint density at radius 1 is 0.926 bits per heavy atom. The molecule has 0 saturated heterocycles. The highest BCUT2D eigenvalue weighted by Gasteiger charge is 2.38. The molecule has 0 aromatic heterocycles. The summed E-state index contributed by atoms with van der Waals surface area (Å²) >= 11 is 0. The van der Waals surface area contributed by atoms with E-state index in [1.165, 1.54) is 0 Å². The summed E-state index contributed by atoms with van der Waals surface area (Å²) in [4.78, 5) is 37.2. The molecule has 6 nitrogen and oxygen atoms in total. The van der Waals surface area contributed by atoms with Gasteiger partial charge in [0.1, 0.15) is 0 Å². The van der Waals surface area contributed by atoms with E-state index in [-0.39, 0.29) is 17.4 Å². The zero-order chi connectivity index (χ0) is 21.2. The zero-order valence-electron chi connectivity index (χ0n) is 16.9. The molecule has 1 atom stereocenters. The number of hydrogen-bond donors (Lipinski definition) is 4. The van der Waals surface area contributed by atoms with Crippen molar-refractivity contribution in [1.29, 1.82) is 0 Å². The lowest BCUT2D eigenvalue weighted by atomic mass is 9.74. The Bertz CT molecular complexity index is 618. The smallest absolute Gasteiger partial charge is 0.327 e. The van der Waals surface area contributed by atoms with E-state index >= 15 is 0 Å². The van der Waals surface area contributed by atoms with E-state index in [0.29, 0.717) is 5.56 Å². The van der Waals surface area contributed by atoms with Crippen molar-refractivity contribution in [3.05, 3.63) is 48.7 Å². The first-order valence-electron chi connectivity index (χ1n) is 8.57. The van der Waals surface area contributed by atoms with Gasteiger partial charge in [-0.25, -0.2) is 0 Å². The molecule has 27 heavy (non-hydrogen) atoms. The van der Waals surface area contributed by atoms with E-state index in [9.17, 15) is 9.79 Å². The quantitative estimate of drug-likeness (QED) is 0.489. The van der Waals surface area contributed by atoms with Crippen molar-refractivity contribution in [3.8, 4) is 0 Å². The van der Waals surface area contributed by atoms with Crippen LogP contribution in [-0.2, 0) is 19.9 Å². The molecule has 8 heteroatoms. The first-order chi connectivity index (χ1) is 12.1. The predicted octanol–water partition coefficient (Wildman–Crippen LogP) is 4.43. The Morgan fingerprint density at radius 3 is 1.89 bits per heavy atom. The molecule has 1 unspecified atom stereocenters. The fourth-order valence-corrected chi connectivity index (χ4v) is 3.65. The number of rotatable bonds is 7. The largest absolute Gasteiger partial charge is 0.328 e. The second kappa shape index (κ2) is 9.11. The summed E-state index contributed by atoms with van der Waals surface area (Å²) in [6.45, 7) is 20.3. The third kappa shape index (κ3) is 7.30. The molecule has 1 aromatic rings. The topological polar surface area (TPSA) is 99.4 Å². The number of benzene rings is 1. The Kier molecular flexibility index (Phi) is 8.39. The van der Waals surface area contributed by atoms with Crippen molar-refractivity contribution >= 4 is 17.2 Å². The minimum absolute atomic E-state index is 0.0613. The molecule has 2 radical (unpaired) electrons. The van der Waals surface area contributed by atoms with Crippen molar-refractivity contribution < 1.29 is 28.6 Å². The highest BCUT2D eigenvalue weighted by molar-refractivity contribution is 7.39. The van der Waals surface area contributed by atoms with Gasteiger partial charge in [-0.1, -0.05) is 59.7 Å². The van der Waals surface area contributed by atoms with Gasteiger partial charge in [-0.15, -0.1) is 0 Å². The summed E-state index contributed by atoms with van der Waals surface area (Å²) in [7, 11) is -5.27. The summed E-state index contributed by atoms with van der Waals surface area (Å²) in [6, 6.07) is 5.95. The van der Waals surface area contributed by atoms with Crippen LogP contribution in [0.5, 0.6) is 0 Å². The van der Waals surface area contributed by atoms with Crippen molar-refractivity contribution in [2.45, 2.75) is 58.5 Å².